The molecule has 9 rings (SSSR count). The van der Waals surface area contributed by atoms with Crippen molar-refractivity contribution >= 4 is 11.4 Å². The molecule has 0 bridgehead atoms. The molecule has 7 aromatic carbocycles. The average molecular weight is 749 g/mol. The molecule has 58 heavy (non-hydrogen) atoms. The summed E-state index contributed by atoms with van der Waals surface area (Å²) in [5.41, 5.74) is 20.9. The zero-order valence-corrected chi connectivity index (χ0v) is 32.2. The van der Waals surface area contributed by atoms with Gasteiger partial charge in [0.25, 0.3) is 0 Å². The summed E-state index contributed by atoms with van der Waals surface area (Å²) in [4.78, 5) is 0. The highest BCUT2D eigenvalue weighted by atomic mass is 14.9. The zero-order chi connectivity index (χ0) is 39.3. The minimum absolute atomic E-state index is 0.0415. The van der Waals surface area contributed by atoms with Crippen LogP contribution in [0.15, 0.2) is 212 Å². The summed E-state index contributed by atoms with van der Waals surface area (Å²) in [5, 5.41) is 17.0. The third kappa shape index (κ3) is 6.94. The summed E-state index contributed by atoms with van der Waals surface area (Å²) in [6.45, 7) is 0.609. The monoisotopic (exact) mass is 748 g/mol. The molecular weight excluding hydrogens is 705 g/mol. The van der Waals surface area contributed by atoms with Gasteiger partial charge in [0.05, 0.1) is 29.1 Å². The molecule has 0 saturated carbocycles. The number of nitrogens with two attached hydrogens (primary N) is 1. The van der Waals surface area contributed by atoms with Gasteiger partial charge in [-0.05, 0) is 86.0 Å². The quantitative estimate of drug-likeness (QED) is 0.123. The lowest BCUT2D eigenvalue weighted by Crippen LogP contribution is -2.29. The van der Waals surface area contributed by atoms with Crippen LogP contribution < -0.4 is 16.4 Å². The predicted molar refractivity (Wildman–Crippen MR) is 238 cm³/mol. The third-order valence-corrected chi connectivity index (χ3v) is 11.6. The molecule has 280 valence electrons. The minimum Gasteiger partial charge on any atom is -0.381 e. The van der Waals surface area contributed by atoms with E-state index in [-0.39, 0.29) is 18.0 Å². The van der Waals surface area contributed by atoms with E-state index in [2.05, 4.69) is 181 Å². The Kier molecular flexibility index (Phi) is 10.1. The van der Waals surface area contributed by atoms with Crippen molar-refractivity contribution in [1.29, 1.82) is 5.26 Å². The molecule has 0 aromatic heterocycles. The number of nitrogens with zero attached hydrogens (tertiary/aromatic N) is 1. The summed E-state index contributed by atoms with van der Waals surface area (Å²) >= 11 is 0. The summed E-state index contributed by atoms with van der Waals surface area (Å²) < 4.78 is 0. The lowest BCUT2D eigenvalue weighted by molar-refractivity contribution is 0.739. The molecule has 7 aromatic rings. The molecule has 0 radical (unpaired) electrons. The Balaban J connectivity index is 1.01. The number of hydrogen-bond acceptors (Lipinski definition) is 4. The maximum Gasteiger partial charge on any atom is 0.0991 e. The maximum atomic E-state index is 9.44. The Morgan fingerprint density at radius 3 is 2.09 bits per heavy atom. The fourth-order valence-electron chi connectivity index (χ4n) is 8.86. The molecule has 0 heterocycles. The summed E-state index contributed by atoms with van der Waals surface area (Å²) in [5.74, 6) is 0.110. The third-order valence-electron chi connectivity index (χ3n) is 11.6. The van der Waals surface area contributed by atoms with Crippen molar-refractivity contribution in [2.24, 2.45) is 5.73 Å². The second-order valence-corrected chi connectivity index (χ2v) is 15.1. The van der Waals surface area contributed by atoms with Crippen molar-refractivity contribution in [3.8, 4) is 17.2 Å². The average Bonchev–Trinajstić information content (AvgIpc) is 3.59. The fraction of sp³-hybridized carbons (Fsp3) is 0.0926. The van der Waals surface area contributed by atoms with Crippen LogP contribution in [-0.2, 0) is 12.0 Å². The number of nitriles is 1. The Bertz CT molecular complexity index is 2650. The lowest BCUT2D eigenvalue weighted by Gasteiger charge is -2.34. The van der Waals surface area contributed by atoms with Gasteiger partial charge in [-0.15, -0.1) is 0 Å². The first-order chi connectivity index (χ1) is 28.6. The van der Waals surface area contributed by atoms with E-state index in [1.807, 2.05) is 42.5 Å². The number of fused-ring (bicyclic) bond motifs is 3. The maximum absolute atomic E-state index is 9.44. The van der Waals surface area contributed by atoms with Crippen LogP contribution in [0.4, 0.5) is 5.69 Å². The molecule has 0 saturated heterocycles. The van der Waals surface area contributed by atoms with E-state index in [4.69, 9.17) is 5.73 Å². The first-order valence-electron chi connectivity index (χ1n) is 19.9. The number of nitrogens with one attached hydrogen (secondary N) is 2. The molecule has 0 fully saturated rings. The molecule has 3 atom stereocenters. The van der Waals surface area contributed by atoms with Gasteiger partial charge in [0.2, 0.25) is 0 Å². The number of anilines is 1. The van der Waals surface area contributed by atoms with Crippen LogP contribution >= 0.6 is 0 Å². The molecule has 0 amide bonds. The first kappa shape index (κ1) is 36.4. The van der Waals surface area contributed by atoms with Crippen molar-refractivity contribution in [2.45, 2.75) is 30.0 Å². The van der Waals surface area contributed by atoms with Crippen LogP contribution in [0.5, 0.6) is 0 Å². The smallest absolute Gasteiger partial charge is 0.0991 e. The van der Waals surface area contributed by atoms with E-state index in [0.29, 0.717) is 12.1 Å². The van der Waals surface area contributed by atoms with Crippen molar-refractivity contribution < 1.29 is 0 Å². The summed E-state index contributed by atoms with van der Waals surface area (Å²) in [6.07, 6.45) is 11.0. The van der Waals surface area contributed by atoms with Crippen LogP contribution in [0.1, 0.15) is 62.0 Å². The van der Waals surface area contributed by atoms with E-state index < -0.39 is 5.41 Å². The molecule has 4 nitrogen and oxygen atoms in total. The second kappa shape index (κ2) is 16.1. The van der Waals surface area contributed by atoms with Crippen LogP contribution in [0.25, 0.3) is 16.8 Å². The van der Waals surface area contributed by atoms with Gasteiger partial charge in [-0.2, -0.15) is 5.26 Å². The van der Waals surface area contributed by atoms with Crippen molar-refractivity contribution in [1.82, 2.24) is 5.32 Å². The van der Waals surface area contributed by atoms with Gasteiger partial charge < -0.3 is 16.4 Å². The Hall–Kier alpha value is -7.19. The Morgan fingerprint density at radius 2 is 1.33 bits per heavy atom. The zero-order valence-electron chi connectivity index (χ0n) is 32.2. The highest BCUT2D eigenvalue weighted by molar-refractivity contribution is 5.86. The molecule has 3 unspecified atom stereocenters. The van der Waals surface area contributed by atoms with Crippen LogP contribution in [-0.4, -0.2) is 6.04 Å². The number of benzene rings is 7. The fourth-order valence-corrected chi connectivity index (χ4v) is 8.86. The minimum atomic E-state index is -0.444. The van der Waals surface area contributed by atoms with Gasteiger partial charge >= 0.3 is 0 Å². The van der Waals surface area contributed by atoms with Crippen molar-refractivity contribution in [2.75, 3.05) is 5.32 Å². The lowest BCUT2D eigenvalue weighted by atomic mass is 9.67. The molecule has 2 aliphatic carbocycles. The van der Waals surface area contributed by atoms with Gasteiger partial charge in [-0.25, -0.2) is 0 Å². The van der Waals surface area contributed by atoms with Gasteiger partial charge in [-0.3, -0.25) is 0 Å². The van der Waals surface area contributed by atoms with Crippen molar-refractivity contribution in [3.63, 3.8) is 0 Å². The molecule has 2 aliphatic rings. The standard InChI is InChI=1S/C54H44N4/c55-36-38-16-14-20-42(32-38)51(56)35-53(40-18-4-1-5-19-40)57-37-39-17-15-25-45(33-39)58-52-29-13-11-26-46(52)41-30-31-48-47-27-10-12-28-49(47)54(50(48)34-41,43-21-6-2-7-22-43)44-23-8-3-9-24-44/h1-35,46,51-52,57-58H,37,56H2/b53-35-. The molecule has 4 N–H and O–H groups in total. The SMILES string of the molecule is N#Cc1cccc(C(N)/C=C(\NCc2cccc(NC3C=CC=CC3c3ccc4c(c3)C(c3ccccc3)(c3ccccc3)c3ccccc3-4)c2)c2ccccc2)c1. The largest absolute Gasteiger partial charge is 0.381 e. The second-order valence-electron chi connectivity index (χ2n) is 15.1. The van der Waals surface area contributed by atoms with E-state index >= 15 is 0 Å². The van der Waals surface area contributed by atoms with Gasteiger partial charge in [0.1, 0.15) is 0 Å². The topological polar surface area (TPSA) is 73.9 Å². The number of hydrogen-bond donors (Lipinski definition) is 3. The Morgan fingerprint density at radius 1 is 0.655 bits per heavy atom. The highest BCUT2D eigenvalue weighted by Crippen LogP contribution is 2.56. The molecular formula is C54H44N4. The van der Waals surface area contributed by atoms with Crippen LogP contribution in [0, 0.1) is 11.3 Å². The Labute approximate surface area is 341 Å². The number of rotatable bonds is 11. The normalized spacial score (nSPS) is 16.8. The van der Waals surface area contributed by atoms with Gasteiger partial charge in [0.15, 0.2) is 0 Å². The number of allylic oxidation sites excluding steroid dienone is 2. The summed E-state index contributed by atoms with van der Waals surface area (Å²) in [7, 11) is 0. The molecule has 0 spiro atoms. The van der Waals surface area contributed by atoms with Gasteiger partial charge in [0, 0.05) is 23.8 Å². The first-order valence-corrected chi connectivity index (χ1v) is 19.9. The van der Waals surface area contributed by atoms with E-state index in [1.165, 1.54) is 38.9 Å². The van der Waals surface area contributed by atoms with Gasteiger partial charge in [-0.1, -0.05) is 182 Å². The summed E-state index contributed by atoms with van der Waals surface area (Å²) in [6, 6.07) is 66.3. The van der Waals surface area contributed by atoms with E-state index in [0.717, 1.165) is 28.1 Å². The molecule has 4 heteroatoms. The highest BCUT2D eigenvalue weighted by Gasteiger charge is 2.46. The van der Waals surface area contributed by atoms with Crippen LogP contribution in [0.2, 0.25) is 0 Å². The van der Waals surface area contributed by atoms with E-state index in [1.54, 1.807) is 6.07 Å². The van der Waals surface area contributed by atoms with E-state index in [9.17, 15) is 5.26 Å². The predicted octanol–water partition coefficient (Wildman–Crippen LogP) is 11.4. The van der Waals surface area contributed by atoms with Crippen LogP contribution in [0.3, 0.4) is 0 Å². The van der Waals surface area contributed by atoms with Crippen molar-refractivity contribution in [3.05, 3.63) is 262 Å². The molecule has 0 aliphatic heterocycles.